The van der Waals surface area contributed by atoms with E-state index in [9.17, 15) is 9.59 Å². The molecule has 0 bridgehead atoms. The van der Waals surface area contributed by atoms with Gasteiger partial charge in [-0.05, 0) is 37.4 Å². The number of nitrogens with one attached hydrogen (secondary N) is 1. The van der Waals surface area contributed by atoms with Gasteiger partial charge in [-0.25, -0.2) is 0 Å². The smallest absolute Gasteiger partial charge is 0.317 e. The second-order valence-electron chi connectivity index (χ2n) is 6.51. The van der Waals surface area contributed by atoms with Crippen molar-refractivity contribution in [1.29, 1.82) is 0 Å². The number of aromatic nitrogens is 3. The Balaban J connectivity index is 1.54. The molecule has 1 atom stereocenters. The first-order chi connectivity index (χ1) is 15.5. The molecule has 0 saturated carbocycles. The average molecular weight is 477 g/mol. The number of thiophene rings is 1. The number of hydrogen-bond acceptors (Lipinski definition) is 9. The molecule has 0 aliphatic heterocycles. The maximum Gasteiger partial charge on any atom is 0.317 e. The van der Waals surface area contributed by atoms with Crippen LogP contribution in [-0.4, -0.2) is 52.7 Å². The maximum absolute atomic E-state index is 12.4. The fraction of sp³-hybridized carbons (Fsp3) is 0.333. The predicted octanol–water partition coefficient (Wildman–Crippen LogP) is 3.71. The van der Waals surface area contributed by atoms with Crippen LogP contribution in [0, 0.1) is 0 Å². The van der Waals surface area contributed by atoms with E-state index >= 15 is 0 Å². The normalized spacial score (nSPS) is 11.6. The number of hydrogen-bond donors (Lipinski definition) is 1. The zero-order valence-electron chi connectivity index (χ0n) is 18.2. The molecule has 0 radical (unpaired) electrons. The minimum absolute atomic E-state index is 0.0105. The third kappa shape index (κ3) is 5.60. The van der Waals surface area contributed by atoms with Crippen molar-refractivity contribution in [2.75, 3.05) is 25.3 Å². The third-order valence-electron chi connectivity index (χ3n) is 4.42. The van der Waals surface area contributed by atoms with Crippen molar-refractivity contribution in [2.45, 2.75) is 31.7 Å². The lowest BCUT2D eigenvalue weighted by Crippen LogP contribution is -2.30. The molecule has 2 aromatic heterocycles. The average Bonchev–Trinajstić information content (AvgIpc) is 3.46. The fourth-order valence-electron chi connectivity index (χ4n) is 2.83. The van der Waals surface area contributed by atoms with E-state index in [0.717, 1.165) is 10.7 Å². The van der Waals surface area contributed by atoms with Gasteiger partial charge in [0, 0.05) is 18.3 Å². The number of benzene rings is 1. The number of methoxy groups -OCH3 is 2. The standard InChI is InChI=1S/C21H24N4O5S2/c1-5-25-19(17-7-6-10-31-17)23-24-21(25)32-12-18(26)30-13(2)20(27)22-14-8-9-15(28-3)16(11-14)29-4/h6-11,13H,5,12H2,1-4H3,(H,22,27). The molecule has 0 saturated heterocycles. The van der Waals surface area contributed by atoms with Gasteiger partial charge in [-0.15, -0.1) is 21.5 Å². The summed E-state index contributed by atoms with van der Waals surface area (Å²) >= 11 is 2.80. The molecule has 0 spiro atoms. The second kappa shape index (κ2) is 11.0. The quantitative estimate of drug-likeness (QED) is 0.349. The van der Waals surface area contributed by atoms with Crippen molar-refractivity contribution in [3.8, 4) is 22.2 Å². The summed E-state index contributed by atoms with van der Waals surface area (Å²) in [6, 6.07) is 8.90. The SMILES string of the molecule is CCn1c(SCC(=O)OC(C)C(=O)Nc2ccc(OC)c(OC)c2)nnc1-c1cccs1. The zero-order chi connectivity index (χ0) is 23.1. The molecule has 32 heavy (non-hydrogen) atoms. The fourth-order valence-corrected chi connectivity index (χ4v) is 4.34. The molecule has 0 aliphatic carbocycles. The van der Waals surface area contributed by atoms with Crippen LogP contribution in [0.2, 0.25) is 0 Å². The van der Waals surface area contributed by atoms with Gasteiger partial charge in [-0.2, -0.15) is 0 Å². The Hall–Kier alpha value is -3.05. The minimum Gasteiger partial charge on any atom is -0.493 e. The van der Waals surface area contributed by atoms with Gasteiger partial charge in [0.05, 0.1) is 24.8 Å². The maximum atomic E-state index is 12.4. The molecule has 3 aromatic rings. The molecule has 170 valence electrons. The number of anilines is 1. The number of thioether (sulfide) groups is 1. The summed E-state index contributed by atoms with van der Waals surface area (Å²) in [6.07, 6.45) is -0.970. The van der Waals surface area contributed by atoms with Crippen LogP contribution < -0.4 is 14.8 Å². The van der Waals surface area contributed by atoms with Crippen molar-refractivity contribution in [2.24, 2.45) is 0 Å². The number of ether oxygens (including phenoxy) is 3. The molecule has 11 heteroatoms. The van der Waals surface area contributed by atoms with Crippen LogP contribution in [0.5, 0.6) is 11.5 Å². The number of nitrogens with zero attached hydrogens (tertiary/aromatic N) is 3. The lowest BCUT2D eigenvalue weighted by Gasteiger charge is -2.15. The highest BCUT2D eigenvalue weighted by molar-refractivity contribution is 7.99. The third-order valence-corrected chi connectivity index (χ3v) is 6.23. The summed E-state index contributed by atoms with van der Waals surface area (Å²) in [6.45, 7) is 4.17. The molecule has 1 N–H and O–H groups in total. The first kappa shape index (κ1) is 23.6. The van der Waals surface area contributed by atoms with Crippen LogP contribution in [0.1, 0.15) is 13.8 Å². The number of amides is 1. The van der Waals surface area contributed by atoms with Crippen LogP contribution >= 0.6 is 23.1 Å². The highest BCUT2D eigenvalue weighted by Gasteiger charge is 2.20. The Kier molecular flexibility index (Phi) is 8.12. The van der Waals surface area contributed by atoms with E-state index in [1.807, 2.05) is 29.0 Å². The second-order valence-corrected chi connectivity index (χ2v) is 8.40. The number of esters is 1. The van der Waals surface area contributed by atoms with Crippen LogP contribution in [0.4, 0.5) is 5.69 Å². The van der Waals surface area contributed by atoms with E-state index < -0.39 is 18.0 Å². The molecule has 1 unspecified atom stereocenters. The molecule has 2 heterocycles. The van der Waals surface area contributed by atoms with Gasteiger partial charge >= 0.3 is 5.97 Å². The highest BCUT2D eigenvalue weighted by Crippen LogP contribution is 2.30. The topological polar surface area (TPSA) is 105 Å². The van der Waals surface area contributed by atoms with Crippen LogP contribution in [-0.2, 0) is 20.9 Å². The summed E-state index contributed by atoms with van der Waals surface area (Å²) < 4.78 is 17.6. The van der Waals surface area contributed by atoms with Gasteiger partial charge in [0.1, 0.15) is 0 Å². The Morgan fingerprint density at radius 1 is 1.19 bits per heavy atom. The highest BCUT2D eigenvalue weighted by atomic mass is 32.2. The van der Waals surface area contributed by atoms with Crippen LogP contribution in [0.15, 0.2) is 40.9 Å². The van der Waals surface area contributed by atoms with Crippen LogP contribution in [0.25, 0.3) is 10.7 Å². The van der Waals surface area contributed by atoms with Gasteiger partial charge in [0.25, 0.3) is 5.91 Å². The van der Waals surface area contributed by atoms with Crippen LogP contribution in [0.3, 0.4) is 0 Å². The molecule has 3 rings (SSSR count). The molecule has 1 aromatic carbocycles. The Bertz CT molecular complexity index is 1070. The first-order valence-electron chi connectivity index (χ1n) is 9.79. The van der Waals surface area contributed by atoms with Crippen molar-refractivity contribution in [3.63, 3.8) is 0 Å². The van der Waals surface area contributed by atoms with Crippen molar-refractivity contribution >= 4 is 40.7 Å². The van der Waals surface area contributed by atoms with Gasteiger partial charge in [0.2, 0.25) is 0 Å². The minimum atomic E-state index is -0.970. The summed E-state index contributed by atoms with van der Waals surface area (Å²) in [5.74, 6) is 0.829. The molecular formula is C21H24N4O5S2. The molecular weight excluding hydrogens is 452 g/mol. The number of rotatable bonds is 10. The molecule has 9 nitrogen and oxygen atoms in total. The van der Waals surface area contributed by atoms with E-state index in [-0.39, 0.29) is 5.75 Å². The number of carbonyl (C=O) groups is 2. The predicted molar refractivity (Wildman–Crippen MR) is 123 cm³/mol. The first-order valence-corrected chi connectivity index (χ1v) is 11.7. The Labute approximate surface area is 194 Å². The summed E-state index contributed by atoms with van der Waals surface area (Å²) in [5.41, 5.74) is 0.502. The largest absolute Gasteiger partial charge is 0.493 e. The van der Waals surface area contributed by atoms with E-state index in [1.54, 1.807) is 29.5 Å². The van der Waals surface area contributed by atoms with E-state index in [4.69, 9.17) is 14.2 Å². The Morgan fingerprint density at radius 2 is 1.97 bits per heavy atom. The Morgan fingerprint density at radius 3 is 2.62 bits per heavy atom. The number of carbonyl (C=O) groups excluding carboxylic acids is 2. The lowest BCUT2D eigenvalue weighted by molar-refractivity contribution is -0.150. The van der Waals surface area contributed by atoms with Gasteiger partial charge in [-0.3, -0.25) is 9.59 Å². The monoisotopic (exact) mass is 476 g/mol. The summed E-state index contributed by atoms with van der Waals surface area (Å²) in [7, 11) is 3.04. The van der Waals surface area contributed by atoms with Crippen molar-refractivity contribution in [1.82, 2.24) is 14.8 Å². The van der Waals surface area contributed by atoms with Gasteiger partial charge < -0.3 is 24.1 Å². The van der Waals surface area contributed by atoms with Gasteiger partial charge in [-0.1, -0.05) is 17.8 Å². The summed E-state index contributed by atoms with van der Waals surface area (Å²) in [4.78, 5) is 25.7. The van der Waals surface area contributed by atoms with E-state index in [1.165, 1.54) is 32.9 Å². The molecule has 0 fully saturated rings. The molecule has 1 amide bonds. The summed E-state index contributed by atoms with van der Waals surface area (Å²) in [5, 5.41) is 13.7. The van der Waals surface area contributed by atoms with Gasteiger partial charge in [0.15, 0.2) is 28.6 Å². The lowest BCUT2D eigenvalue weighted by atomic mass is 10.2. The van der Waals surface area contributed by atoms with Crippen molar-refractivity contribution < 1.29 is 23.8 Å². The zero-order valence-corrected chi connectivity index (χ0v) is 19.8. The van der Waals surface area contributed by atoms with E-state index in [2.05, 4.69) is 15.5 Å². The molecule has 0 aliphatic rings. The van der Waals surface area contributed by atoms with Crippen molar-refractivity contribution in [3.05, 3.63) is 35.7 Å². The van der Waals surface area contributed by atoms with E-state index in [0.29, 0.717) is 28.9 Å².